The van der Waals surface area contributed by atoms with Crippen molar-refractivity contribution in [3.63, 3.8) is 0 Å². The molecule has 0 bridgehead atoms. The average Bonchev–Trinajstić information content (AvgIpc) is 3.23. The van der Waals surface area contributed by atoms with E-state index in [-0.39, 0.29) is 5.91 Å². The van der Waals surface area contributed by atoms with Gasteiger partial charge in [0.1, 0.15) is 5.54 Å². The van der Waals surface area contributed by atoms with Gasteiger partial charge in [-0.25, -0.2) is 0 Å². The first-order valence-corrected chi connectivity index (χ1v) is 7.81. The second kappa shape index (κ2) is 6.71. The van der Waals surface area contributed by atoms with Crippen molar-refractivity contribution < 1.29 is 9.53 Å². The van der Waals surface area contributed by atoms with E-state index in [1.807, 2.05) is 6.92 Å². The number of hydrogen-bond acceptors (Lipinski definition) is 3. The number of hydrogen-bond donors (Lipinski definition) is 2. The number of amides is 1. The topological polar surface area (TPSA) is 64.3 Å². The molecular formula is C15H28N2O2. The van der Waals surface area contributed by atoms with Crippen LogP contribution >= 0.6 is 0 Å². The van der Waals surface area contributed by atoms with Crippen LogP contribution < -0.4 is 11.1 Å². The van der Waals surface area contributed by atoms with Crippen LogP contribution in [0.15, 0.2) is 0 Å². The highest BCUT2D eigenvalue weighted by atomic mass is 16.5. The molecule has 4 heteroatoms. The molecule has 0 heterocycles. The van der Waals surface area contributed by atoms with Gasteiger partial charge in [0.2, 0.25) is 5.91 Å². The van der Waals surface area contributed by atoms with Gasteiger partial charge in [-0.15, -0.1) is 0 Å². The number of primary amides is 1. The van der Waals surface area contributed by atoms with Crippen molar-refractivity contribution in [3.8, 4) is 0 Å². The van der Waals surface area contributed by atoms with Gasteiger partial charge < -0.3 is 15.8 Å². The quantitative estimate of drug-likeness (QED) is 0.706. The summed E-state index contributed by atoms with van der Waals surface area (Å²) in [7, 11) is 0. The van der Waals surface area contributed by atoms with Crippen LogP contribution in [0.4, 0.5) is 0 Å². The fourth-order valence-electron chi connectivity index (χ4n) is 3.30. The minimum Gasteiger partial charge on any atom is -0.379 e. The predicted octanol–water partition coefficient (Wildman–Crippen LogP) is 1.83. The number of ether oxygens (including phenoxy) is 1. The number of rotatable bonds is 8. The summed E-state index contributed by atoms with van der Waals surface area (Å²) in [5.74, 6) is 0.803. The number of carbonyl (C=O) groups excluding carboxylic acids is 1. The van der Waals surface area contributed by atoms with Crippen LogP contribution in [0.5, 0.6) is 0 Å². The lowest BCUT2D eigenvalue weighted by atomic mass is 9.89. The van der Waals surface area contributed by atoms with Crippen molar-refractivity contribution in [1.82, 2.24) is 5.32 Å². The zero-order valence-electron chi connectivity index (χ0n) is 12.1. The summed E-state index contributed by atoms with van der Waals surface area (Å²) < 4.78 is 5.89. The Hall–Kier alpha value is -0.610. The monoisotopic (exact) mass is 268 g/mol. The summed E-state index contributed by atoms with van der Waals surface area (Å²) in [5.41, 5.74) is 5.01. The first-order valence-electron chi connectivity index (χ1n) is 7.81. The molecule has 3 N–H and O–H groups in total. The fourth-order valence-corrected chi connectivity index (χ4v) is 3.30. The lowest BCUT2D eigenvalue weighted by Crippen LogP contribution is -2.60. The Labute approximate surface area is 116 Å². The maximum Gasteiger partial charge on any atom is 0.240 e. The minimum absolute atomic E-state index is 0.250. The Morgan fingerprint density at radius 3 is 2.47 bits per heavy atom. The molecule has 0 aromatic carbocycles. The lowest BCUT2D eigenvalue weighted by Gasteiger charge is -2.32. The molecular weight excluding hydrogens is 240 g/mol. The Kier molecular flexibility index (Phi) is 5.22. The van der Waals surface area contributed by atoms with Crippen LogP contribution in [0.25, 0.3) is 0 Å². The summed E-state index contributed by atoms with van der Waals surface area (Å²) in [6, 6.07) is 0. The molecule has 0 radical (unpaired) electrons. The van der Waals surface area contributed by atoms with Gasteiger partial charge in [0.15, 0.2) is 0 Å². The van der Waals surface area contributed by atoms with Crippen LogP contribution in [0, 0.1) is 11.8 Å². The normalized spacial score (nSPS) is 24.1. The van der Waals surface area contributed by atoms with Gasteiger partial charge in [0, 0.05) is 6.61 Å². The molecule has 0 aliphatic heterocycles. The van der Waals surface area contributed by atoms with Gasteiger partial charge in [0.05, 0.1) is 6.61 Å². The third-order valence-electron chi connectivity index (χ3n) is 4.61. The molecule has 0 aromatic heterocycles. The maximum atomic E-state index is 11.9. The van der Waals surface area contributed by atoms with Gasteiger partial charge in [-0.1, -0.05) is 26.2 Å². The molecule has 0 spiro atoms. The Morgan fingerprint density at radius 1 is 1.26 bits per heavy atom. The van der Waals surface area contributed by atoms with E-state index in [1.165, 1.54) is 32.1 Å². The molecule has 2 rings (SSSR count). The van der Waals surface area contributed by atoms with Crippen LogP contribution in [-0.4, -0.2) is 31.2 Å². The van der Waals surface area contributed by atoms with Crippen molar-refractivity contribution in [2.45, 2.75) is 57.4 Å². The van der Waals surface area contributed by atoms with Gasteiger partial charge >= 0.3 is 0 Å². The first kappa shape index (κ1) is 14.8. The molecule has 0 saturated heterocycles. The van der Waals surface area contributed by atoms with E-state index in [0.29, 0.717) is 18.4 Å². The minimum atomic E-state index is -0.622. The third-order valence-corrected chi connectivity index (χ3v) is 4.61. The molecule has 4 nitrogen and oxygen atoms in total. The molecule has 1 amide bonds. The fraction of sp³-hybridized carbons (Fsp3) is 0.933. The molecule has 1 atom stereocenters. The van der Waals surface area contributed by atoms with Crippen LogP contribution in [-0.2, 0) is 9.53 Å². The number of nitrogens with one attached hydrogen (secondary N) is 1. The zero-order valence-corrected chi connectivity index (χ0v) is 12.1. The Balaban J connectivity index is 1.83. The van der Waals surface area contributed by atoms with E-state index >= 15 is 0 Å². The van der Waals surface area contributed by atoms with Crippen molar-refractivity contribution in [3.05, 3.63) is 0 Å². The predicted molar refractivity (Wildman–Crippen MR) is 75.7 cm³/mol. The van der Waals surface area contributed by atoms with Crippen molar-refractivity contribution in [2.75, 3.05) is 19.8 Å². The smallest absolute Gasteiger partial charge is 0.240 e. The summed E-state index contributed by atoms with van der Waals surface area (Å²) >= 11 is 0. The van der Waals surface area contributed by atoms with Gasteiger partial charge in [-0.2, -0.15) is 0 Å². The van der Waals surface area contributed by atoms with Gasteiger partial charge in [-0.3, -0.25) is 4.79 Å². The molecule has 2 saturated carbocycles. The number of likely N-dealkylation sites (N-methyl/N-ethyl adjacent to an activating group) is 1. The van der Waals surface area contributed by atoms with Gasteiger partial charge in [-0.05, 0) is 44.1 Å². The summed E-state index contributed by atoms with van der Waals surface area (Å²) in [4.78, 5) is 11.9. The maximum absolute atomic E-state index is 11.9. The summed E-state index contributed by atoms with van der Waals surface area (Å²) in [5, 5.41) is 3.30. The largest absolute Gasteiger partial charge is 0.379 e. The summed E-state index contributed by atoms with van der Waals surface area (Å²) in [6.07, 6.45) is 8.73. The van der Waals surface area contributed by atoms with E-state index in [1.54, 1.807) is 0 Å². The lowest BCUT2D eigenvalue weighted by molar-refractivity contribution is -0.128. The van der Waals surface area contributed by atoms with Gasteiger partial charge in [0.25, 0.3) is 0 Å². The van der Waals surface area contributed by atoms with Crippen LogP contribution in [0.3, 0.4) is 0 Å². The molecule has 0 aromatic rings. The molecule has 2 fully saturated rings. The highest BCUT2D eigenvalue weighted by Crippen LogP contribution is 2.40. The van der Waals surface area contributed by atoms with E-state index < -0.39 is 5.54 Å². The summed E-state index contributed by atoms with van der Waals surface area (Å²) in [6.45, 7) is 4.00. The first-order chi connectivity index (χ1) is 9.19. The standard InChI is InChI=1S/C15H28N2O2/c1-2-17-15(14(16)18,13-8-9-13)11-19-10-12-6-4-3-5-7-12/h12-13,17H,2-11H2,1H3,(H2,16,18). The van der Waals surface area contributed by atoms with Crippen molar-refractivity contribution >= 4 is 5.91 Å². The third kappa shape index (κ3) is 3.69. The van der Waals surface area contributed by atoms with Crippen molar-refractivity contribution in [2.24, 2.45) is 17.6 Å². The average molecular weight is 268 g/mol. The molecule has 2 aliphatic rings. The Morgan fingerprint density at radius 2 is 1.95 bits per heavy atom. The molecule has 19 heavy (non-hydrogen) atoms. The van der Waals surface area contributed by atoms with E-state index in [9.17, 15) is 4.79 Å². The second-order valence-corrected chi connectivity index (χ2v) is 6.16. The molecule has 110 valence electrons. The Bertz CT molecular complexity index is 299. The SMILES string of the molecule is CCNC(COCC1CCCCC1)(C(N)=O)C1CC1. The van der Waals surface area contributed by atoms with Crippen LogP contribution in [0.1, 0.15) is 51.9 Å². The second-order valence-electron chi connectivity index (χ2n) is 6.16. The molecule has 1 unspecified atom stereocenters. The highest BCUT2D eigenvalue weighted by molar-refractivity contribution is 5.85. The zero-order chi connectivity index (χ0) is 13.7. The molecule has 2 aliphatic carbocycles. The van der Waals surface area contributed by atoms with E-state index in [2.05, 4.69) is 5.32 Å². The van der Waals surface area contributed by atoms with E-state index in [0.717, 1.165) is 26.0 Å². The van der Waals surface area contributed by atoms with Crippen molar-refractivity contribution in [1.29, 1.82) is 0 Å². The number of carbonyl (C=O) groups is 1. The number of nitrogens with two attached hydrogens (primary N) is 1. The van der Waals surface area contributed by atoms with E-state index in [4.69, 9.17) is 10.5 Å². The highest BCUT2D eigenvalue weighted by Gasteiger charge is 2.49. The van der Waals surface area contributed by atoms with Crippen LogP contribution in [0.2, 0.25) is 0 Å².